The molecule has 0 aliphatic heterocycles. The van der Waals surface area contributed by atoms with Gasteiger partial charge in [-0.3, -0.25) is 0 Å². The van der Waals surface area contributed by atoms with Gasteiger partial charge in [-0.25, -0.2) is 4.98 Å². The lowest BCUT2D eigenvalue weighted by atomic mass is 10.00. The van der Waals surface area contributed by atoms with Crippen molar-refractivity contribution in [1.29, 1.82) is 0 Å². The van der Waals surface area contributed by atoms with Gasteiger partial charge in [0.1, 0.15) is 0 Å². The summed E-state index contributed by atoms with van der Waals surface area (Å²) in [5, 5.41) is 0. The third-order valence-electron chi connectivity index (χ3n) is 3.90. The highest BCUT2D eigenvalue weighted by Gasteiger charge is 2.10. The van der Waals surface area contributed by atoms with Gasteiger partial charge in [0.25, 0.3) is 0 Å². The Bertz CT molecular complexity index is 968. The number of allylic oxidation sites excluding steroid dienone is 4. The molecule has 0 amide bonds. The zero-order valence-electron chi connectivity index (χ0n) is 14.1. The van der Waals surface area contributed by atoms with Crippen molar-refractivity contribution in [1.82, 2.24) is 4.98 Å². The molecule has 0 saturated carbocycles. The molecular formula is C23H17Br2N. The van der Waals surface area contributed by atoms with E-state index < -0.39 is 0 Å². The van der Waals surface area contributed by atoms with Crippen LogP contribution in [0.3, 0.4) is 0 Å². The van der Waals surface area contributed by atoms with E-state index in [2.05, 4.69) is 81.4 Å². The van der Waals surface area contributed by atoms with Gasteiger partial charge in [-0.05, 0) is 47.0 Å². The largest absolute Gasteiger partial charge is 0.248 e. The van der Waals surface area contributed by atoms with Gasteiger partial charge in [-0.2, -0.15) is 0 Å². The SMILES string of the molecule is C=C/C=C(\C=C)c1cc(-c2cc(Br)cc(Br)c2)cc(-c2ccccc2)n1. The van der Waals surface area contributed by atoms with E-state index in [1.54, 1.807) is 12.2 Å². The molecule has 128 valence electrons. The van der Waals surface area contributed by atoms with E-state index in [0.29, 0.717) is 0 Å². The van der Waals surface area contributed by atoms with Crippen molar-refractivity contribution in [2.45, 2.75) is 0 Å². The predicted molar refractivity (Wildman–Crippen MR) is 119 cm³/mol. The third-order valence-corrected chi connectivity index (χ3v) is 4.82. The average Bonchev–Trinajstić information content (AvgIpc) is 2.65. The maximum atomic E-state index is 4.85. The summed E-state index contributed by atoms with van der Waals surface area (Å²) in [5.41, 5.74) is 6.00. The number of aromatic nitrogens is 1. The molecule has 0 atom stereocenters. The number of rotatable bonds is 5. The van der Waals surface area contributed by atoms with Gasteiger partial charge in [0.2, 0.25) is 0 Å². The number of pyridine rings is 1. The Labute approximate surface area is 171 Å². The molecule has 26 heavy (non-hydrogen) atoms. The highest BCUT2D eigenvalue weighted by atomic mass is 79.9. The maximum absolute atomic E-state index is 4.85. The molecule has 1 heterocycles. The molecule has 0 N–H and O–H groups in total. The first-order chi connectivity index (χ1) is 12.6. The van der Waals surface area contributed by atoms with Crippen LogP contribution in [0.5, 0.6) is 0 Å². The Morgan fingerprint density at radius 1 is 0.808 bits per heavy atom. The topological polar surface area (TPSA) is 12.9 Å². The summed E-state index contributed by atoms with van der Waals surface area (Å²) < 4.78 is 2.04. The van der Waals surface area contributed by atoms with Crippen LogP contribution in [0.1, 0.15) is 5.69 Å². The Morgan fingerprint density at radius 2 is 1.46 bits per heavy atom. The first kappa shape index (κ1) is 18.6. The highest BCUT2D eigenvalue weighted by Crippen LogP contribution is 2.32. The molecule has 0 fully saturated rings. The minimum Gasteiger partial charge on any atom is -0.248 e. The molecule has 0 radical (unpaired) electrons. The molecule has 3 aromatic rings. The normalized spacial score (nSPS) is 11.2. The van der Waals surface area contributed by atoms with Gasteiger partial charge in [0.15, 0.2) is 0 Å². The molecule has 1 nitrogen and oxygen atoms in total. The molecule has 3 rings (SSSR count). The van der Waals surface area contributed by atoms with Crippen LogP contribution in [0, 0.1) is 0 Å². The van der Waals surface area contributed by atoms with Gasteiger partial charge in [-0.1, -0.05) is 93.6 Å². The van der Waals surface area contributed by atoms with E-state index in [4.69, 9.17) is 4.98 Å². The third kappa shape index (κ3) is 4.29. The number of benzene rings is 2. The maximum Gasteiger partial charge on any atom is 0.0715 e. The van der Waals surface area contributed by atoms with Crippen molar-refractivity contribution in [3.63, 3.8) is 0 Å². The molecule has 0 bridgehead atoms. The molecular weight excluding hydrogens is 450 g/mol. The fourth-order valence-corrected chi connectivity index (χ4v) is 4.00. The molecule has 0 saturated heterocycles. The minimum absolute atomic E-state index is 0.868. The minimum atomic E-state index is 0.868. The van der Waals surface area contributed by atoms with Crippen LogP contribution >= 0.6 is 31.9 Å². The second kappa shape index (κ2) is 8.43. The molecule has 1 aromatic heterocycles. The quantitative estimate of drug-likeness (QED) is 0.351. The summed E-state index contributed by atoms with van der Waals surface area (Å²) >= 11 is 7.15. The Kier molecular flexibility index (Phi) is 6.02. The summed E-state index contributed by atoms with van der Waals surface area (Å²) in [6.45, 7) is 7.71. The Hall–Kier alpha value is -2.23. The van der Waals surface area contributed by atoms with Crippen LogP contribution in [-0.4, -0.2) is 4.98 Å². The molecule has 3 heteroatoms. The standard InChI is InChI=1S/C23H17Br2N/c1-3-8-16(4-2)22-13-19(18-11-20(24)15-21(25)12-18)14-23(26-22)17-9-6-5-7-10-17/h3-15H,1-2H2/b16-8+. The van der Waals surface area contributed by atoms with Crippen LogP contribution in [-0.2, 0) is 0 Å². The Balaban J connectivity index is 2.25. The molecule has 0 aliphatic rings. The Morgan fingerprint density at radius 3 is 2.08 bits per heavy atom. The number of nitrogens with zero attached hydrogens (tertiary/aromatic N) is 1. The van der Waals surface area contributed by atoms with E-state index >= 15 is 0 Å². The lowest BCUT2D eigenvalue weighted by Gasteiger charge is -2.11. The van der Waals surface area contributed by atoms with Crippen LogP contribution in [0.25, 0.3) is 28.0 Å². The van der Waals surface area contributed by atoms with Crippen molar-refractivity contribution in [3.8, 4) is 22.4 Å². The van der Waals surface area contributed by atoms with Crippen molar-refractivity contribution in [3.05, 3.63) is 107 Å². The number of hydrogen-bond acceptors (Lipinski definition) is 1. The summed E-state index contributed by atoms with van der Waals surface area (Å²) in [6.07, 6.45) is 5.48. The zero-order valence-corrected chi connectivity index (χ0v) is 17.3. The fourth-order valence-electron chi connectivity index (χ4n) is 2.71. The van der Waals surface area contributed by atoms with Crippen LogP contribution in [0.2, 0.25) is 0 Å². The number of halogens is 2. The summed E-state index contributed by atoms with van der Waals surface area (Å²) in [5.74, 6) is 0. The smallest absolute Gasteiger partial charge is 0.0715 e. The first-order valence-corrected chi connectivity index (χ1v) is 9.69. The molecule has 0 spiro atoms. The number of hydrogen-bond donors (Lipinski definition) is 0. The molecule has 0 unspecified atom stereocenters. The predicted octanol–water partition coefficient (Wildman–Crippen LogP) is 7.70. The van der Waals surface area contributed by atoms with Crippen molar-refractivity contribution in [2.24, 2.45) is 0 Å². The zero-order chi connectivity index (χ0) is 18.5. The highest BCUT2D eigenvalue weighted by molar-refractivity contribution is 9.11. The van der Waals surface area contributed by atoms with Gasteiger partial charge >= 0.3 is 0 Å². The summed E-state index contributed by atoms with van der Waals surface area (Å²) in [7, 11) is 0. The van der Waals surface area contributed by atoms with E-state index in [0.717, 1.165) is 42.6 Å². The van der Waals surface area contributed by atoms with Gasteiger partial charge in [0, 0.05) is 14.5 Å². The fraction of sp³-hybridized carbons (Fsp3) is 0. The van der Waals surface area contributed by atoms with E-state index in [1.807, 2.05) is 30.3 Å². The van der Waals surface area contributed by atoms with Crippen molar-refractivity contribution < 1.29 is 0 Å². The average molecular weight is 467 g/mol. The van der Waals surface area contributed by atoms with Crippen LogP contribution in [0.4, 0.5) is 0 Å². The second-order valence-corrected chi connectivity index (χ2v) is 7.54. The lowest BCUT2D eigenvalue weighted by molar-refractivity contribution is 1.28. The second-order valence-electron chi connectivity index (χ2n) is 5.71. The monoisotopic (exact) mass is 465 g/mol. The molecule has 0 aliphatic carbocycles. The van der Waals surface area contributed by atoms with Crippen LogP contribution in [0.15, 0.2) is 101 Å². The molecule has 2 aromatic carbocycles. The first-order valence-electron chi connectivity index (χ1n) is 8.10. The lowest BCUT2D eigenvalue weighted by Crippen LogP contribution is -1.93. The van der Waals surface area contributed by atoms with Gasteiger partial charge in [-0.15, -0.1) is 0 Å². The van der Waals surface area contributed by atoms with Crippen molar-refractivity contribution >= 4 is 37.4 Å². The summed E-state index contributed by atoms with van der Waals surface area (Å²) in [4.78, 5) is 4.85. The van der Waals surface area contributed by atoms with Crippen molar-refractivity contribution in [2.75, 3.05) is 0 Å². The van der Waals surface area contributed by atoms with Gasteiger partial charge < -0.3 is 0 Å². The van der Waals surface area contributed by atoms with Crippen LogP contribution < -0.4 is 0 Å². The van der Waals surface area contributed by atoms with E-state index in [1.165, 1.54) is 0 Å². The summed E-state index contributed by atoms with van der Waals surface area (Å²) in [6, 6.07) is 20.6. The van der Waals surface area contributed by atoms with Gasteiger partial charge in [0.05, 0.1) is 11.4 Å². The van der Waals surface area contributed by atoms with E-state index in [-0.39, 0.29) is 0 Å². The van der Waals surface area contributed by atoms with E-state index in [9.17, 15) is 0 Å².